The zero-order valence-electron chi connectivity index (χ0n) is 11.3. The maximum Gasteiger partial charge on any atom is 0.131 e. The number of aromatic nitrogens is 1. The molecule has 1 heterocycles. The van der Waals surface area contributed by atoms with Crippen LogP contribution in [0.4, 0.5) is 8.78 Å². The molecule has 1 aromatic heterocycles. The molecule has 21 heavy (non-hydrogen) atoms. The first-order chi connectivity index (χ1) is 10.0. The first-order valence-electron chi connectivity index (χ1n) is 6.52. The predicted octanol–water partition coefficient (Wildman–Crippen LogP) is 4.97. The summed E-state index contributed by atoms with van der Waals surface area (Å²) >= 11 is 6.73. The van der Waals surface area contributed by atoms with Gasteiger partial charge in [-0.25, -0.2) is 8.78 Å². The quantitative estimate of drug-likeness (QED) is 0.739. The highest BCUT2D eigenvalue weighted by atomic mass is 79.9. The van der Waals surface area contributed by atoms with Crippen molar-refractivity contribution in [2.45, 2.75) is 19.4 Å². The second-order valence-corrected chi connectivity index (χ2v) is 6.31. The zero-order chi connectivity index (χ0) is 15.4. The standard InChI is InChI=1S/C15H14Br2F2N2/c1-2-6-20-15(13-11(18)4-3-5-12(13)19)14-10(17)7-9(16)8-21-14/h3-5,7-8,15,20H,2,6H2,1H3. The summed E-state index contributed by atoms with van der Waals surface area (Å²) in [4.78, 5) is 4.30. The Labute approximate surface area is 139 Å². The summed E-state index contributed by atoms with van der Waals surface area (Å²) in [7, 11) is 0. The van der Waals surface area contributed by atoms with E-state index >= 15 is 0 Å². The molecule has 2 rings (SSSR count). The van der Waals surface area contributed by atoms with Gasteiger partial charge in [0.1, 0.15) is 11.6 Å². The van der Waals surface area contributed by atoms with E-state index in [4.69, 9.17) is 0 Å². The average Bonchev–Trinajstić information content (AvgIpc) is 2.43. The van der Waals surface area contributed by atoms with Crippen LogP contribution >= 0.6 is 31.9 Å². The van der Waals surface area contributed by atoms with E-state index in [0.29, 0.717) is 16.7 Å². The Bertz CT molecular complexity index is 615. The number of benzene rings is 1. The van der Waals surface area contributed by atoms with E-state index in [1.807, 2.05) is 13.0 Å². The van der Waals surface area contributed by atoms with Crippen LogP contribution in [0, 0.1) is 11.6 Å². The van der Waals surface area contributed by atoms with Crippen LogP contribution < -0.4 is 5.32 Å². The van der Waals surface area contributed by atoms with E-state index < -0.39 is 17.7 Å². The van der Waals surface area contributed by atoms with Crippen molar-refractivity contribution in [2.75, 3.05) is 6.54 Å². The van der Waals surface area contributed by atoms with Gasteiger partial charge in [0, 0.05) is 20.7 Å². The number of pyridine rings is 1. The SMILES string of the molecule is CCCNC(c1ncc(Br)cc1Br)c1c(F)cccc1F. The van der Waals surface area contributed by atoms with Gasteiger partial charge in [0.2, 0.25) is 0 Å². The lowest BCUT2D eigenvalue weighted by molar-refractivity contribution is 0.496. The molecule has 1 unspecified atom stereocenters. The van der Waals surface area contributed by atoms with Crippen LogP contribution in [0.25, 0.3) is 0 Å². The Morgan fingerprint density at radius 3 is 2.48 bits per heavy atom. The summed E-state index contributed by atoms with van der Waals surface area (Å²) in [5.41, 5.74) is 0.539. The van der Waals surface area contributed by atoms with Crippen molar-refractivity contribution >= 4 is 31.9 Å². The highest BCUT2D eigenvalue weighted by Crippen LogP contribution is 2.31. The van der Waals surface area contributed by atoms with Crippen molar-refractivity contribution in [1.82, 2.24) is 10.3 Å². The molecule has 6 heteroatoms. The van der Waals surface area contributed by atoms with Crippen molar-refractivity contribution in [2.24, 2.45) is 0 Å². The molecule has 0 bridgehead atoms. The van der Waals surface area contributed by atoms with Crippen LogP contribution in [-0.4, -0.2) is 11.5 Å². The Morgan fingerprint density at radius 2 is 1.90 bits per heavy atom. The molecule has 0 fully saturated rings. The Morgan fingerprint density at radius 1 is 1.24 bits per heavy atom. The van der Waals surface area contributed by atoms with Crippen LogP contribution in [0.1, 0.15) is 30.6 Å². The second-order valence-electron chi connectivity index (χ2n) is 4.54. The van der Waals surface area contributed by atoms with Crippen LogP contribution in [-0.2, 0) is 0 Å². The molecule has 0 saturated carbocycles. The minimum absolute atomic E-state index is 0.0125. The molecule has 0 spiro atoms. The van der Waals surface area contributed by atoms with E-state index in [-0.39, 0.29) is 5.56 Å². The predicted molar refractivity (Wildman–Crippen MR) is 86.1 cm³/mol. The third-order valence-corrected chi connectivity index (χ3v) is 4.07. The smallest absolute Gasteiger partial charge is 0.131 e. The molecular formula is C15H14Br2F2N2. The topological polar surface area (TPSA) is 24.9 Å². The molecule has 1 atom stereocenters. The van der Waals surface area contributed by atoms with E-state index in [9.17, 15) is 8.78 Å². The largest absolute Gasteiger partial charge is 0.305 e. The van der Waals surface area contributed by atoms with Gasteiger partial charge in [-0.15, -0.1) is 0 Å². The zero-order valence-corrected chi connectivity index (χ0v) is 14.5. The van der Waals surface area contributed by atoms with Crippen LogP contribution in [0.2, 0.25) is 0 Å². The van der Waals surface area contributed by atoms with E-state index in [2.05, 4.69) is 42.2 Å². The molecule has 2 nitrogen and oxygen atoms in total. The van der Waals surface area contributed by atoms with E-state index in [1.54, 1.807) is 6.20 Å². The first-order valence-corrected chi connectivity index (χ1v) is 8.11. The second kappa shape index (κ2) is 7.42. The molecule has 1 aromatic carbocycles. The fourth-order valence-corrected chi connectivity index (χ4v) is 3.26. The summed E-state index contributed by atoms with van der Waals surface area (Å²) in [6.07, 6.45) is 2.46. The lowest BCUT2D eigenvalue weighted by Crippen LogP contribution is -2.26. The van der Waals surface area contributed by atoms with E-state index in [0.717, 1.165) is 10.9 Å². The number of nitrogens with zero attached hydrogens (tertiary/aromatic N) is 1. The normalized spacial score (nSPS) is 12.4. The van der Waals surface area contributed by atoms with Crippen molar-refractivity contribution in [3.8, 4) is 0 Å². The fourth-order valence-electron chi connectivity index (χ4n) is 2.05. The van der Waals surface area contributed by atoms with Crippen molar-refractivity contribution in [3.05, 3.63) is 62.3 Å². The Kier molecular flexibility index (Phi) is 5.84. The van der Waals surface area contributed by atoms with Crippen LogP contribution in [0.15, 0.2) is 39.4 Å². The molecule has 0 aliphatic rings. The lowest BCUT2D eigenvalue weighted by Gasteiger charge is -2.21. The molecule has 0 amide bonds. The first kappa shape index (κ1) is 16.5. The molecule has 0 aliphatic carbocycles. The molecular weight excluding hydrogens is 406 g/mol. The fraction of sp³-hybridized carbons (Fsp3) is 0.267. The lowest BCUT2D eigenvalue weighted by atomic mass is 10.0. The molecule has 1 N–H and O–H groups in total. The van der Waals surface area contributed by atoms with Gasteiger partial charge in [-0.1, -0.05) is 13.0 Å². The van der Waals surface area contributed by atoms with Crippen molar-refractivity contribution in [1.29, 1.82) is 0 Å². The van der Waals surface area contributed by atoms with Crippen LogP contribution in [0.5, 0.6) is 0 Å². The minimum Gasteiger partial charge on any atom is -0.305 e. The third-order valence-electron chi connectivity index (χ3n) is 3.00. The highest BCUT2D eigenvalue weighted by molar-refractivity contribution is 9.11. The monoisotopic (exact) mass is 418 g/mol. The maximum atomic E-state index is 14.1. The summed E-state index contributed by atoms with van der Waals surface area (Å²) < 4.78 is 29.7. The summed E-state index contributed by atoms with van der Waals surface area (Å²) in [5, 5.41) is 3.16. The Balaban J connectivity index is 2.52. The Hall–Kier alpha value is -0.850. The number of halogens is 4. The number of rotatable bonds is 5. The third kappa shape index (κ3) is 3.87. The molecule has 0 radical (unpaired) electrons. The van der Waals surface area contributed by atoms with Gasteiger partial charge in [0.25, 0.3) is 0 Å². The van der Waals surface area contributed by atoms with Crippen molar-refractivity contribution < 1.29 is 8.78 Å². The maximum absolute atomic E-state index is 14.1. The molecule has 2 aromatic rings. The van der Waals surface area contributed by atoms with Gasteiger partial charge < -0.3 is 5.32 Å². The van der Waals surface area contributed by atoms with Crippen molar-refractivity contribution in [3.63, 3.8) is 0 Å². The minimum atomic E-state index is -0.645. The van der Waals surface area contributed by atoms with Gasteiger partial charge in [-0.05, 0) is 63.0 Å². The van der Waals surface area contributed by atoms with Gasteiger partial charge in [0.05, 0.1) is 11.7 Å². The summed E-state index contributed by atoms with van der Waals surface area (Å²) in [6, 6.07) is 5.03. The number of hydrogen-bond donors (Lipinski definition) is 1. The molecule has 0 aliphatic heterocycles. The average molecular weight is 420 g/mol. The molecule has 112 valence electrons. The van der Waals surface area contributed by atoms with Crippen LogP contribution in [0.3, 0.4) is 0 Å². The summed E-state index contributed by atoms with van der Waals surface area (Å²) in [5.74, 6) is -1.17. The van der Waals surface area contributed by atoms with E-state index in [1.165, 1.54) is 18.2 Å². The summed E-state index contributed by atoms with van der Waals surface area (Å²) in [6.45, 7) is 2.62. The van der Waals surface area contributed by atoms with Gasteiger partial charge >= 0.3 is 0 Å². The number of hydrogen-bond acceptors (Lipinski definition) is 2. The number of nitrogens with one attached hydrogen (secondary N) is 1. The highest BCUT2D eigenvalue weighted by Gasteiger charge is 2.24. The molecule has 0 saturated heterocycles. The van der Waals surface area contributed by atoms with Gasteiger partial charge in [-0.2, -0.15) is 0 Å². The van der Waals surface area contributed by atoms with Gasteiger partial charge in [-0.3, -0.25) is 4.98 Å². The van der Waals surface area contributed by atoms with Gasteiger partial charge in [0.15, 0.2) is 0 Å².